The third-order valence-corrected chi connectivity index (χ3v) is 3.34. The number of nitrogens with one attached hydrogen (secondary N) is 1. The number of rotatable bonds is 4. The minimum absolute atomic E-state index is 0.210. The number of nitrogens with zero attached hydrogens (tertiary/aromatic N) is 2. The third kappa shape index (κ3) is 3.03. The fraction of sp³-hybridized carbons (Fsp3) is 0.615. The summed E-state index contributed by atoms with van der Waals surface area (Å²) in [5, 5.41) is 13.1. The average molecular weight is 235 g/mol. The van der Waals surface area contributed by atoms with Gasteiger partial charge in [0.25, 0.3) is 0 Å². The largest absolute Gasteiger partial charge is 0.390 e. The Kier molecular flexibility index (Phi) is 4.10. The van der Waals surface area contributed by atoms with Crippen LogP contribution in [0.5, 0.6) is 0 Å². The van der Waals surface area contributed by atoms with Crippen molar-refractivity contribution in [1.29, 1.82) is 0 Å². The van der Waals surface area contributed by atoms with E-state index in [2.05, 4.69) is 22.1 Å². The second kappa shape index (κ2) is 5.58. The van der Waals surface area contributed by atoms with E-state index in [1.54, 1.807) is 0 Å². The van der Waals surface area contributed by atoms with Crippen molar-refractivity contribution >= 4 is 0 Å². The van der Waals surface area contributed by atoms with E-state index in [4.69, 9.17) is 0 Å². The number of β-amino-alcohol motifs (C(OH)–C–C–N with tert-alkyl or cyclic N) is 1. The first-order chi connectivity index (χ1) is 8.20. The van der Waals surface area contributed by atoms with Crippen LogP contribution in [-0.2, 0) is 6.54 Å². The smallest absolute Gasteiger partial charge is 0.0831 e. The van der Waals surface area contributed by atoms with E-state index >= 15 is 0 Å². The Bertz CT molecular complexity index is 369. The summed E-state index contributed by atoms with van der Waals surface area (Å²) < 4.78 is 0. The summed E-state index contributed by atoms with van der Waals surface area (Å²) in [7, 11) is 0. The molecular formula is C13H21N3O. The van der Waals surface area contributed by atoms with Gasteiger partial charge in [-0.15, -0.1) is 0 Å². The molecule has 1 aliphatic rings. The van der Waals surface area contributed by atoms with Crippen LogP contribution in [0.25, 0.3) is 0 Å². The molecule has 1 fully saturated rings. The van der Waals surface area contributed by atoms with Crippen molar-refractivity contribution in [1.82, 2.24) is 15.2 Å². The molecule has 0 radical (unpaired) electrons. The Morgan fingerprint density at radius 1 is 1.47 bits per heavy atom. The molecule has 94 valence electrons. The van der Waals surface area contributed by atoms with E-state index in [1.807, 2.05) is 25.1 Å². The first-order valence-electron chi connectivity index (χ1n) is 6.26. The fourth-order valence-corrected chi connectivity index (χ4v) is 2.38. The van der Waals surface area contributed by atoms with Crippen LogP contribution in [0, 0.1) is 6.92 Å². The number of hydrogen-bond acceptors (Lipinski definition) is 4. The Balaban J connectivity index is 2.04. The SMILES string of the molecule is CCN(Cc1cccc(C)n1)C1CNCC1O. The number of hydrogen-bond donors (Lipinski definition) is 2. The van der Waals surface area contributed by atoms with Crippen molar-refractivity contribution in [3.63, 3.8) is 0 Å². The molecule has 4 nitrogen and oxygen atoms in total. The first-order valence-corrected chi connectivity index (χ1v) is 6.26. The van der Waals surface area contributed by atoms with Gasteiger partial charge in [-0.1, -0.05) is 13.0 Å². The molecule has 2 unspecified atom stereocenters. The Hall–Kier alpha value is -0.970. The molecule has 0 bridgehead atoms. The molecule has 17 heavy (non-hydrogen) atoms. The minimum Gasteiger partial charge on any atom is -0.390 e. The summed E-state index contributed by atoms with van der Waals surface area (Å²) in [5.74, 6) is 0. The molecule has 2 heterocycles. The van der Waals surface area contributed by atoms with Crippen LogP contribution in [0.4, 0.5) is 0 Å². The third-order valence-electron chi connectivity index (χ3n) is 3.34. The van der Waals surface area contributed by atoms with Gasteiger partial charge in [-0.2, -0.15) is 0 Å². The topological polar surface area (TPSA) is 48.4 Å². The van der Waals surface area contributed by atoms with Gasteiger partial charge in [-0.25, -0.2) is 0 Å². The lowest BCUT2D eigenvalue weighted by molar-refractivity contribution is 0.0810. The number of aliphatic hydroxyl groups is 1. The quantitative estimate of drug-likeness (QED) is 0.800. The second-order valence-corrected chi connectivity index (χ2v) is 4.63. The maximum Gasteiger partial charge on any atom is 0.0831 e. The highest BCUT2D eigenvalue weighted by Crippen LogP contribution is 2.12. The predicted octanol–water partition coefficient (Wildman–Crippen LogP) is 0.545. The lowest BCUT2D eigenvalue weighted by Crippen LogP contribution is -2.42. The lowest BCUT2D eigenvalue weighted by Gasteiger charge is -2.28. The Morgan fingerprint density at radius 2 is 2.29 bits per heavy atom. The molecule has 0 aromatic carbocycles. The Morgan fingerprint density at radius 3 is 2.88 bits per heavy atom. The van der Waals surface area contributed by atoms with E-state index < -0.39 is 0 Å². The van der Waals surface area contributed by atoms with E-state index in [0.29, 0.717) is 6.54 Å². The van der Waals surface area contributed by atoms with E-state index in [0.717, 1.165) is 31.0 Å². The molecule has 1 saturated heterocycles. The van der Waals surface area contributed by atoms with Crippen molar-refractivity contribution < 1.29 is 5.11 Å². The highest BCUT2D eigenvalue weighted by atomic mass is 16.3. The van der Waals surface area contributed by atoms with Gasteiger partial charge < -0.3 is 10.4 Å². The van der Waals surface area contributed by atoms with Gasteiger partial charge >= 0.3 is 0 Å². The van der Waals surface area contributed by atoms with Gasteiger partial charge in [0.15, 0.2) is 0 Å². The zero-order chi connectivity index (χ0) is 12.3. The lowest BCUT2D eigenvalue weighted by atomic mass is 10.1. The number of aryl methyl sites for hydroxylation is 1. The summed E-state index contributed by atoms with van der Waals surface area (Å²) in [6, 6.07) is 6.30. The highest BCUT2D eigenvalue weighted by molar-refractivity contribution is 5.10. The maximum atomic E-state index is 9.90. The van der Waals surface area contributed by atoms with Crippen molar-refractivity contribution in [3.8, 4) is 0 Å². The molecule has 2 atom stereocenters. The summed E-state index contributed by atoms with van der Waals surface area (Å²) in [4.78, 5) is 6.80. The minimum atomic E-state index is -0.264. The fourth-order valence-electron chi connectivity index (χ4n) is 2.38. The Labute approximate surface area is 103 Å². The summed E-state index contributed by atoms with van der Waals surface area (Å²) >= 11 is 0. The van der Waals surface area contributed by atoms with Crippen molar-refractivity contribution in [3.05, 3.63) is 29.6 Å². The monoisotopic (exact) mass is 235 g/mol. The molecule has 2 N–H and O–H groups in total. The van der Waals surface area contributed by atoms with Crippen LogP contribution in [-0.4, -0.2) is 46.8 Å². The number of pyridine rings is 1. The first kappa shape index (κ1) is 12.5. The van der Waals surface area contributed by atoms with Gasteiger partial charge in [0.1, 0.15) is 0 Å². The molecule has 0 saturated carbocycles. The van der Waals surface area contributed by atoms with Gasteiger partial charge in [-0.05, 0) is 25.6 Å². The highest BCUT2D eigenvalue weighted by Gasteiger charge is 2.29. The van der Waals surface area contributed by atoms with Crippen LogP contribution >= 0.6 is 0 Å². The number of likely N-dealkylation sites (N-methyl/N-ethyl adjacent to an activating group) is 1. The zero-order valence-corrected chi connectivity index (χ0v) is 10.6. The molecule has 4 heteroatoms. The zero-order valence-electron chi connectivity index (χ0n) is 10.6. The molecular weight excluding hydrogens is 214 g/mol. The van der Waals surface area contributed by atoms with Crippen molar-refractivity contribution in [2.75, 3.05) is 19.6 Å². The molecule has 1 aromatic rings. The number of aliphatic hydroxyl groups excluding tert-OH is 1. The molecule has 0 aliphatic carbocycles. The molecule has 2 rings (SSSR count). The van der Waals surface area contributed by atoms with Crippen molar-refractivity contribution in [2.24, 2.45) is 0 Å². The normalized spacial score (nSPS) is 24.5. The summed E-state index contributed by atoms with van der Waals surface area (Å²) in [6.07, 6.45) is -0.264. The van der Waals surface area contributed by atoms with E-state index in [9.17, 15) is 5.11 Å². The summed E-state index contributed by atoms with van der Waals surface area (Å²) in [5.41, 5.74) is 2.12. The second-order valence-electron chi connectivity index (χ2n) is 4.63. The van der Waals surface area contributed by atoms with Gasteiger partial charge in [0.05, 0.1) is 11.8 Å². The number of aromatic nitrogens is 1. The van der Waals surface area contributed by atoms with E-state index in [-0.39, 0.29) is 12.1 Å². The van der Waals surface area contributed by atoms with Crippen molar-refractivity contribution in [2.45, 2.75) is 32.5 Å². The molecule has 0 amide bonds. The molecule has 1 aromatic heterocycles. The van der Waals surface area contributed by atoms with Crippen LogP contribution in [0.1, 0.15) is 18.3 Å². The van der Waals surface area contributed by atoms with Gasteiger partial charge in [-0.3, -0.25) is 9.88 Å². The van der Waals surface area contributed by atoms with Crippen LogP contribution in [0.3, 0.4) is 0 Å². The van der Waals surface area contributed by atoms with Gasteiger partial charge in [0, 0.05) is 31.4 Å². The van der Waals surface area contributed by atoms with Crippen LogP contribution in [0.2, 0.25) is 0 Å². The molecule has 1 aliphatic heterocycles. The van der Waals surface area contributed by atoms with Crippen LogP contribution in [0.15, 0.2) is 18.2 Å². The van der Waals surface area contributed by atoms with E-state index in [1.165, 1.54) is 0 Å². The van der Waals surface area contributed by atoms with Gasteiger partial charge in [0.2, 0.25) is 0 Å². The van der Waals surface area contributed by atoms with Crippen LogP contribution < -0.4 is 5.32 Å². The standard InChI is InChI=1S/C13H21N3O/c1-3-16(12-7-14-8-13(12)17)9-11-6-4-5-10(2)15-11/h4-6,12-14,17H,3,7-9H2,1-2H3. The summed E-state index contributed by atoms with van der Waals surface area (Å²) in [6.45, 7) is 7.43. The molecule has 0 spiro atoms. The average Bonchev–Trinajstić information content (AvgIpc) is 2.72. The predicted molar refractivity (Wildman–Crippen MR) is 67.7 cm³/mol. The maximum absolute atomic E-state index is 9.90.